The van der Waals surface area contributed by atoms with Gasteiger partial charge in [0.05, 0.1) is 0 Å². The molecule has 6 heteroatoms. The average molecular weight is 284 g/mol. The van der Waals surface area contributed by atoms with Crippen molar-refractivity contribution in [2.45, 2.75) is 0 Å². The number of carbonyl (C=O) groups is 1. The van der Waals surface area contributed by atoms with E-state index in [1.807, 2.05) is 0 Å². The molecule has 0 unspecified atom stereocenters. The molecule has 1 aromatic heterocycles. The van der Waals surface area contributed by atoms with Gasteiger partial charge in [0, 0.05) is 15.6 Å². The maximum atomic E-state index is 11.8. The van der Waals surface area contributed by atoms with E-state index in [0.29, 0.717) is 21.2 Å². The van der Waals surface area contributed by atoms with Gasteiger partial charge in [0.25, 0.3) is 5.56 Å². The van der Waals surface area contributed by atoms with Gasteiger partial charge in [0.15, 0.2) is 0 Å². The lowest BCUT2D eigenvalue weighted by atomic mass is 10.1. The minimum Gasteiger partial charge on any atom is -0.477 e. The number of aromatic amines is 1. The highest BCUT2D eigenvalue weighted by Crippen LogP contribution is 2.25. The molecule has 0 saturated carbocycles. The van der Waals surface area contributed by atoms with Gasteiger partial charge in [0.1, 0.15) is 5.69 Å². The minimum absolute atomic E-state index is 0.170. The topological polar surface area (TPSA) is 70.2 Å². The van der Waals surface area contributed by atoms with Crippen molar-refractivity contribution < 1.29 is 9.90 Å². The maximum absolute atomic E-state index is 11.8. The van der Waals surface area contributed by atoms with Crippen LogP contribution in [0.2, 0.25) is 10.0 Å². The van der Waals surface area contributed by atoms with Crippen LogP contribution in [0.15, 0.2) is 35.1 Å². The molecule has 0 spiro atoms. The Labute approximate surface area is 112 Å². The molecule has 0 saturated heterocycles. The number of aromatic nitrogens is 1. The van der Waals surface area contributed by atoms with Crippen LogP contribution in [0, 0.1) is 0 Å². The second kappa shape index (κ2) is 4.84. The highest BCUT2D eigenvalue weighted by molar-refractivity contribution is 6.35. The minimum atomic E-state index is -1.19. The number of rotatable bonds is 2. The lowest BCUT2D eigenvalue weighted by Crippen LogP contribution is -2.14. The van der Waals surface area contributed by atoms with Crippen molar-refractivity contribution in [1.29, 1.82) is 0 Å². The molecule has 2 aromatic rings. The lowest BCUT2D eigenvalue weighted by Gasteiger charge is -2.03. The van der Waals surface area contributed by atoms with Crippen molar-refractivity contribution in [3.05, 3.63) is 56.4 Å². The van der Waals surface area contributed by atoms with Gasteiger partial charge in [0.2, 0.25) is 0 Å². The molecule has 0 radical (unpaired) electrons. The Morgan fingerprint density at radius 1 is 1.11 bits per heavy atom. The van der Waals surface area contributed by atoms with Gasteiger partial charge in [-0.05, 0) is 35.9 Å². The number of H-pyrrole nitrogens is 1. The van der Waals surface area contributed by atoms with E-state index in [4.69, 9.17) is 28.3 Å². The fourth-order valence-corrected chi connectivity index (χ4v) is 2.06. The summed E-state index contributed by atoms with van der Waals surface area (Å²) >= 11 is 11.7. The first kappa shape index (κ1) is 12.7. The number of carboxylic acids is 1. The summed E-state index contributed by atoms with van der Waals surface area (Å²) in [4.78, 5) is 24.7. The lowest BCUT2D eigenvalue weighted by molar-refractivity contribution is 0.0690. The number of aromatic carboxylic acids is 1. The molecule has 0 aliphatic heterocycles. The van der Waals surface area contributed by atoms with E-state index in [1.165, 1.54) is 12.1 Å². The molecule has 2 N–H and O–H groups in total. The van der Waals surface area contributed by atoms with Crippen molar-refractivity contribution >= 4 is 29.2 Å². The number of benzene rings is 1. The van der Waals surface area contributed by atoms with Crippen LogP contribution in [0.3, 0.4) is 0 Å². The van der Waals surface area contributed by atoms with Gasteiger partial charge in [-0.2, -0.15) is 0 Å². The molecule has 1 aromatic carbocycles. The fraction of sp³-hybridized carbons (Fsp3) is 0. The quantitative estimate of drug-likeness (QED) is 0.890. The molecule has 2 rings (SSSR count). The van der Waals surface area contributed by atoms with Crippen LogP contribution in [0.5, 0.6) is 0 Å². The summed E-state index contributed by atoms with van der Waals surface area (Å²) in [6.07, 6.45) is 0. The highest BCUT2D eigenvalue weighted by Gasteiger charge is 2.09. The summed E-state index contributed by atoms with van der Waals surface area (Å²) in [6, 6.07) is 7.45. The van der Waals surface area contributed by atoms with Crippen molar-refractivity contribution in [3.8, 4) is 11.1 Å². The van der Waals surface area contributed by atoms with E-state index in [9.17, 15) is 9.59 Å². The molecular formula is C12H7Cl2NO3. The summed E-state index contributed by atoms with van der Waals surface area (Å²) in [6.45, 7) is 0. The summed E-state index contributed by atoms with van der Waals surface area (Å²) in [7, 11) is 0. The summed E-state index contributed by atoms with van der Waals surface area (Å²) < 4.78 is 0. The monoisotopic (exact) mass is 283 g/mol. The molecule has 0 aliphatic rings. The van der Waals surface area contributed by atoms with Crippen LogP contribution in [-0.4, -0.2) is 16.1 Å². The van der Waals surface area contributed by atoms with E-state index in [-0.39, 0.29) is 5.69 Å². The van der Waals surface area contributed by atoms with Gasteiger partial charge < -0.3 is 10.1 Å². The predicted octanol–water partition coefficient (Wildman–Crippen LogP) is 3.05. The van der Waals surface area contributed by atoms with Gasteiger partial charge in [-0.1, -0.05) is 23.2 Å². The Morgan fingerprint density at radius 3 is 2.22 bits per heavy atom. The van der Waals surface area contributed by atoms with Crippen LogP contribution in [0.1, 0.15) is 10.5 Å². The molecule has 0 atom stereocenters. The molecule has 0 bridgehead atoms. The average Bonchev–Trinajstić information content (AvgIpc) is 2.27. The Bertz CT molecular complexity index is 659. The molecule has 18 heavy (non-hydrogen) atoms. The van der Waals surface area contributed by atoms with Crippen LogP contribution in [-0.2, 0) is 0 Å². The second-order valence-corrected chi connectivity index (χ2v) is 4.45. The Balaban J connectivity index is 2.58. The molecule has 1 heterocycles. The third-order valence-corrected chi connectivity index (χ3v) is 2.75. The number of hydrogen-bond donors (Lipinski definition) is 2. The Hall–Kier alpha value is -1.78. The molecule has 92 valence electrons. The normalized spacial score (nSPS) is 10.3. The van der Waals surface area contributed by atoms with Gasteiger partial charge in [-0.3, -0.25) is 4.79 Å². The highest BCUT2D eigenvalue weighted by atomic mass is 35.5. The first-order valence-corrected chi connectivity index (χ1v) is 5.66. The molecule has 4 nitrogen and oxygen atoms in total. The van der Waals surface area contributed by atoms with Crippen LogP contribution in [0.4, 0.5) is 0 Å². The third kappa shape index (κ3) is 2.55. The Kier molecular flexibility index (Phi) is 3.41. The van der Waals surface area contributed by atoms with Crippen LogP contribution < -0.4 is 5.56 Å². The van der Waals surface area contributed by atoms with Crippen LogP contribution in [0.25, 0.3) is 11.1 Å². The predicted molar refractivity (Wildman–Crippen MR) is 69.5 cm³/mol. The van der Waals surface area contributed by atoms with Crippen LogP contribution >= 0.6 is 23.2 Å². The van der Waals surface area contributed by atoms with E-state index in [0.717, 1.165) is 0 Å². The second-order valence-electron chi connectivity index (χ2n) is 3.58. The third-order valence-electron chi connectivity index (χ3n) is 2.31. The fourth-order valence-electron chi connectivity index (χ4n) is 1.54. The van der Waals surface area contributed by atoms with E-state index < -0.39 is 11.5 Å². The van der Waals surface area contributed by atoms with Gasteiger partial charge in [-0.15, -0.1) is 0 Å². The number of nitrogens with one attached hydrogen (secondary N) is 1. The zero-order chi connectivity index (χ0) is 13.3. The SMILES string of the molecule is O=C(O)c1ccc(-c2cc(Cl)cc(Cl)c2)c(=O)[nH]1. The largest absolute Gasteiger partial charge is 0.477 e. The number of pyridine rings is 1. The van der Waals surface area contributed by atoms with Crippen molar-refractivity contribution in [2.24, 2.45) is 0 Å². The zero-order valence-electron chi connectivity index (χ0n) is 8.91. The maximum Gasteiger partial charge on any atom is 0.352 e. The van der Waals surface area contributed by atoms with E-state index >= 15 is 0 Å². The molecule has 0 amide bonds. The molecule has 0 aliphatic carbocycles. The smallest absolute Gasteiger partial charge is 0.352 e. The zero-order valence-corrected chi connectivity index (χ0v) is 10.4. The Morgan fingerprint density at radius 2 is 1.72 bits per heavy atom. The summed E-state index contributed by atoms with van der Waals surface area (Å²) in [5, 5.41) is 9.55. The van der Waals surface area contributed by atoms with E-state index in [1.54, 1.807) is 18.2 Å². The molecular weight excluding hydrogens is 277 g/mol. The standard InChI is InChI=1S/C12H7Cl2NO3/c13-7-3-6(4-8(14)5-7)9-1-2-10(12(17)18)15-11(9)16/h1-5H,(H,15,16)(H,17,18). The van der Waals surface area contributed by atoms with Gasteiger partial charge in [-0.25, -0.2) is 4.79 Å². The van der Waals surface area contributed by atoms with Crippen molar-refractivity contribution in [1.82, 2.24) is 4.98 Å². The summed E-state index contributed by atoms with van der Waals surface area (Å²) in [5.74, 6) is -1.19. The number of halogens is 2. The molecule has 0 fully saturated rings. The number of carboxylic acid groups (broad SMARTS) is 1. The first-order chi connectivity index (χ1) is 8.47. The summed E-state index contributed by atoms with van der Waals surface area (Å²) in [5.41, 5.74) is 0.167. The number of hydrogen-bond acceptors (Lipinski definition) is 2. The van der Waals surface area contributed by atoms with E-state index in [2.05, 4.69) is 4.98 Å². The van der Waals surface area contributed by atoms with Gasteiger partial charge >= 0.3 is 5.97 Å². The van der Waals surface area contributed by atoms with Crippen molar-refractivity contribution in [2.75, 3.05) is 0 Å². The first-order valence-electron chi connectivity index (χ1n) is 4.90. The van der Waals surface area contributed by atoms with Crippen molar-refractivity contribution in [3.63, 3.8) is 0 Å².